The van der Waals surface area contributed by atoms with Crippen molar-refractivity contribution < 1.29 is 18.3 Å². The van der Waals surface area contributed by atoms with Crippen molar-refractivity contribution in [1.82, 2.24) is 9.21 Å². The predicted octanol–water partition coefficient (Wildman–Crippen LogP) is 3.70. The van der Waals surface area contributed by atoms with E-state index in [0.717, 1.165) is 22.3 Å². The molecule has 0 amide bonds. The van der Waals surface area contributed by atoms with Crippen LogP contribution in [0.2, 0.25) is 5.02 Å². The Morgan fingerprint density at radius 3 is 2.48 bits per heavy atom. The number of rotatable bonds is 8. The molecule has 8 heteroatoms. The number of carboxylic acids is 1. The van der Waals surface area contributed by atoms with Gasteiger partial charge in [-0.1, -0.05) is 47.5 Å². The highest BCUT2D eigenvalue weighted by molar-refractivity contribution is 7.88. The topological polar surface area (TPSA) is 77.9 Å². The SMILES string of the molecule is Cc1ccc(CS(=O)(=O)N2CCN(Cc3cc(Cl)ccc3CCC(=O)O)C[C@@H]2C)cc1. The average molecular weight is 465 g/mol. The maximum atomic E-state index is 13.0. The molecule has 168 valence electrons. The van der Waals surface area contributed by atoms with Gasteiger partial charge in [0.2, 0.25) is 10.0 Å². The molecule has 1 saturated heterocycles. The van der Waals surface area contributed by atoms with Crippen LogP contribution in [0.4, 0.5) is 0 Å². The molecule has 1 aliphatic heterocycles. The molecule has 0 unspecified atom stereocenters. The number of aliphatic carboxylic acids is 1. The molecule has 1 heterocycles. The summed E-state index contributed by atoms with van der Waals surface area (Å²) in [7, 11) is -3.41. The van der Waals surface area contributed by atoms with Crippen LogP contribution < -0.4 is 0 Å². The van der Waals surface area contributed by atoms with Crippen LogP contribution >= 0.6 is 11.6 Å². The molecule has 0 saturated carbocycles. The maximum absolute atomic E-state index is 13.0. The lowest BCUT2D eigenvalue weighted by Crippen LogP contribution is -2.53. The average Bonchev–Trinajstić information content (AvgIpc) is 2.69. The number of hydrogen-bond donors (Lipinski definition) is 1. The standard InChI is InChI=1S/C23H29ClN2O4S/c1-17-3-5-19(6-4-17)16-31(29,30)26-12-11-25(14-18(26)2)15-21-13-22(24)9-7-20(21)8-10-23(27)28/h3-7,9,13,18H,8,10-12,14-16H2,1-2H3,(H,27,28)/t18-/m0/s1. The first-order valence-corrected chi connectivity index (χ1v) is 12.4. The van der Waals surface area contributed by atoms with Crippen LogP contribution in [0.15, 0.2) is 42.5 Å². The van der Waals surface area contributed by atoms with Crippen molar-refractivity contribution in [2.45, 2.75) is 45.0 Å². The van der Waals surface area contributed by atoms with Gasteiger partial charge in [-0.2, -0.15) is 4.31 Å². The molecule has 1 N–H and O–H groups in total. The molecule has 6 nitrogen and oxygen atoms in total. The molecule has 1 aliphatic rings. The number of piperazine rings is 1. The van der Waals surface area contributed by atoms with Crippen molar-refractivity contribution in [3.63, 3.8) is 0 Å². The Kier molecular flexibility index (Phi) is 7.75. The zero-order chi connectivity index (χ0) is 22.6. The van der Waals surface area contributed by atoms with Crippen molar-refractivity contribution in [3.8, 4) is 0 Å². The van der Waals surface area contributed by atoms with E-state index in [9.17, 15) is 13.2 Å². The number of carbonyl (C=O) groups is 1. The van der Waals surface area contributed by atoms with E-state index in [1.54, 1.807) is 10.4 Å². The summed E-state index contributed by atoms with van der Waals surface area (Å²) in [5.41, 5.74) is 3.86. The summed E-state index contributed by atoms with van der Waals surface area (Å²) in [5, 5.41) is 9.61. The van der Waals surface area contributed by atoms with Gasteiger partial charge in [0.25, 0.3) is 0 Å². The molecule has 0 aromatic heterocycles. The lowest BCUT2D eigenvalue weighted by molar-refractivity contribution is -0.136. The largest absolute Gasteiger partial charge is 0.481 e. The minimum atomic E-state index is -3.41. The Bertz CT molecular complexity index is 1020. The van der Waals surface area contributed by atoms with Gasteiger partial charge < -0.3 is 5.11 Å². The fraction of sp³-hybridized carbons (Fsp3) is 0.435. The van der Waals surface area contributed by atoms with Gasteiger partial charge in [-0.25, -0.2) is 8.42 Å². The van der Waals surface area contributed by atoms with Crippen LogP contribution in [0.3, 0.4) is 0 Å². The minimum absolute atomic E-state index is 0.00521. The maximum Gasteiger partial charge on any atom is 0.303 e. The normalized spacial score (nSPS) is 18.2. The molecular formula is C23H29ClN2O4S. The molecule has 0 aliphatic carbocycles. The highest BCUT2D eigenvalue weighted by Crippen LogP contribution is 2.23. The van der Waals surface area contributed by atoms with E-state index in [0.29, 0.717) is 37.6 Å². The first kappa shape index (κ1) is 23.7. The second-order valence-electron chi connectivity index (χ2n) is 8.24. The Labute approximate surface area is 189 Å². The third-order valence-corrected chi connectivity index (χ3v) is 7.84. The highest BCUT2D eigenvalue weighted by Gasteiger charge is 2.32. The van der Waals surface area contributed by atoms with E-state index in [1.165, 1.54) is 0 Å². The summed E-state index contributed by atoms with van der Waals surface area (Å²) >= 11 is 6.17. The van der Waals surface area contributed by atoms with Gasteiger partial charge in [0.05, 0.1) is 5.75 Å². The van der Waals surface area contributed by atoms with Gasteiger partial charge >= 0.3 is 5.97 Å². The molecule has 0 radical (unpaired) electrons. The van der Waals surface area contributed by atoms with E-state index in [1.807, 2.05) is 50.2 Å². The van der Waals surface area contributed by atoms with Crippen LogP contribution in [0.5, 0.6) is 0 Å². The number of hydrogen-bond acceptors (Lipinski definition) is 4. The van der Waals surface area contributed by atoms with Gasteiger partial charge in [0, 0.05) is 43.7 Å². The van der Waals surface area contributed by atoms with Crippen molar-refractivity contribution in [2.75, 3.05) is 19.6 Å². The quantitative estimate of drug-likeness (QED) is 0.644. The molecule has 2 aromatic rings. The summed E-state index contributed by atoms with van der Waals surface area (Å²) in [5.74, 6) is -0.826. The Morgan fingerprint density at radius 2 is 1.84 bits per heavy atom. The number of nitrogens with zero attached hydrogens (tertiary/aromatic N) is 2. The first-order valence-electron chi connectivity index (χ1n) is 10.4. The fourth-order valence-corrected chi connectivity index (χ4v) is 5.97. The highest BCUT2D eigenvalue weighted by atomic mass is 35.5. The molecule has 1 fully saturated rings. The van der Waals surface area contributed by atoms with Crippen LogP contribution in [-0.2, 0) is 33.5 Å². The number of carboxylic acid groups (broad SMARTS) is 1. The second-order valence-corrected chi connectivity index (χ2v) is 10.6. The van der Waals surface area contributed by atoms with E-state index in [4.69, 9.17) is 16.7 Å². The number of halogens is 1. The molecule has 1 atom stereocenters. The van der Waals surface area contributed by atoms with Gasteiger partial charge in [-0.15, -0.1) is 0 Å². The summed E-state index contributed by atoms with van der Waals surface area (Å²) < 4.78 is 27.6. The van der Waals surface area contributed by atoms with Crippen LogP contribution in [0, 0.1) is 6.92 Å². The third-order valence-electron chi connectivity index (χ3n) is 5.65. The molecule has 3 rings (SSSR count). The Balaban J connectivity index is 1.65. The van der Waals surface area contributed by atoms with Crippen LogP contribution in [0.25, 0.3) is 0 Å². The van der Waals surface area contributed by atoms with E-state index >= 15 is 0 Å². The van der Waals surface area contributed by atoms with Gasteiger partial charge in [0.1, 0.15) is 0 Å². The lowest BCUT2D eigenvalue weighted by atomic mass is 10.0. The second kappa shape index (κ2) is 10.1. The summed E-state index contributed by atoms with van der Waals surface area (Å²) in [6.07, 6.45) is 0.512. The summed E-state index contributed by atoms with van der Waals surface area (Å²) in [4.78, 5) is 13.2. The van der Waals surface area contributed by atoms with E-state index in [2.05, 4.69) is 4.90 Å². The smallest absolute Gasteiger partial charge is 0.303 e. The van der Waals surface area contributed by atoms with E-state index < -0.39 is 16.0 Å². The van der Waals surface area contributed by atoms with Crippen molar-refractivity contribution in [1.29, 1.82) is 0 Å². The van der Waals surface area contributed by atoms with Gasteiger partial charge in [0.15, 0.2) is 0 Å². The first-order chi connectivity index (χ1) is 14.6. The molecular weight excluding hydrogens is 436 g/mol. The third kappa shape index (κ3) is 6.53. The minimum Gasteiger partial charge on any atom is -0.481 e. The Hall–Kier alpha value is -1.93. The van der Waals surface area contributed by atoms with Gasteiger partial charge in [-0.3, -0.25) is 9.69 Å². The fourth-order valence-electron chi connectivity index (χ4n) is 4.02. The number of sulfonamides is 1. The Morgan fingerprint density at radius 1 is 1.13 bits per heavy atom. The monoisotopic (exact) mass is 464 g/mol. The molecule has 31 heavy (non-hydrogen) atoms. The van der Waals surface area contributed by atoms with Crippen LogP contribution in [0.1, 0.15) is 35.6 Å². The molecule has 0 spiro atoms. The van der Waals surface area contributed by atoms with Crippen molar-refractivity contribution >= 4 is 27.6 Å². The van der Waals surface area contributed by atoms with Crippen molar-refractivity contribution in [2.24, 2.45) is 0 Å². The summed E-state index contributed by atoms with van der Waals surface area (Å²) in [6.45, 7) is 6.18. The summed E-state index contributed by atoms with van der Waals surface area (Å²) in [6, 6.07) is 13.0. The van der Waals surface area contributed by atoms with Gasteiger partial charge in [-0.05, 0) is 49.1 Å². The zero-order valence-electron chi connectivity index (χ0n) is 17.9. The van der Waals surface area contributed by atoms with E-state index in [-0.39, 0.29) is 18.2 Å². The van der Waals surface area contributed by atoms with Crippen LogP contribution in [-0.4, -0.2) is 54.4 Å². The zero-order valence-corrected chi connectivity index (χ0v) is 19.5. The number of benzene rings is 2. The van der Waals surface area contributed by atoms with Crippen molar-refractivity contribution in [3.05, 3.63) is 69.7 Å². The molecule has 0 bridgehead atoms. The number of aryl methyl sites for hydroxylation is 2. The predicted molar refractivity (Wildman–Crippen MR) is 123 cm³/mol. The molecule has 2 aromatic carbocycles. The lowest BCUT2D eigenvalue weighted by Gasteiger charge is -2.39.